The standard InChI is InChI=1S/C27H29N5O2/c1-18-15-31(16-19(2)32(18)20(3)33)26-11-7-10-25(30-26)24-14-29-27-23(24)12-22(13-28-27)34-17-21-8-5-4-6-9-21/h4-14,18-19H,15-17H2,1-3H3,(H,28,29)/t18-,19+. The van der Waals surface area contributed by atoms with Crippen LogP contribution in [0.5, 0.6) is 5.75 Å². The first-order chi connectivity index (χ1) is 16.5. The van der Waals surface area contributed by atoms with E-state index in [1.54, 1.807) is 13.1 Å². The van der Waals surface area contributed by atoms with Gasteiger partial charge in [-0.05, 0) is 37.6 Å². The van der Waals surface area contributed by atoms with Crippen molar-refractivity contribution in [2.24, 2.45) is 0 Å². The number of amides is 1. The molecule has 1 N–H and O–H groups in total. The number of benzene rings is 1. The zero-order valence-corrected chi connectivity index (χ0v) is 19.7. The van der Waals surface area contributed by atoms with Gasteiger partial charge in [-0.3, -0.25) is 4.79 Å². The number of hydrogen-bond donors (Lipinski definition) is 1. The Morgan fingerprint density at radius 2 is 1.85 bits per heavy atom. The van der Waals surface area contributed by atoms with E-state index < -0.39 is 0 Å². The number of aromatic amines is 1. The number of anilines is 1. The average Bonchev–Trinajstić information content (AvgIpc) is 3.26. The van der Waals surface area contributed by atoms with Crippen LogP contribution in [0.15, 0.2) is 67.0 Å². The molecule has 5 rings (SSSR count). The summed E-state index contributed by atoms with van der Waals surface area (Å²) in [5.41, 5.74) is 3.77. The van der Waals surface area contributed by atoms with Crippen LogP contribution in [-0.4, -0.2) is 50.9 Å². The molecule has 7 heteroatoms. The Morgan fingerprint density at radius 1 is 1.09 bits per heavy atom. The van der Waals surface area contributed by atoms with Crippen molar-refractivity contribution < 1.29 is 9.53 Å². The molecule has 1 aromatic carbocycles. The number of hydrogen-bond acceptors (Lipinski definition) is 5. The molecule has 174 valence electrons. The van der Waals surface area contributed by atoms with Crippen molar-refractivity contribution in [2.75, 3.05) is 18.0 Å². The highest BCUT2D eigenvalue weighted by Crippen LogP contribution is 2.31. The van der Waals surface area contributed by atoms with Crippen LogP contribution in [0.2, 0.25) is 0 Å². The van der Waals surface area contributed by atoms with Gasteiger partial charge in [0.05, 0.1) is 11.9 Å². The minimum absolute atomic E-state index is 0.123. The highest BCUT2D eigenvalue weighted by Gasteiger charge is 2.31. The summed E-state index contributed by atoms with van der Waals surface area (Å²) < 4.78 is 6.00. The third-order valence-corrected chi connectivity index (χ3v) is 6.37. The summed E-state index contributed by atoms with van der Waals surface area (Å²) in [5.74, 6) is 1.76. The topological polar surface area (TPSA) is 74.4 Å². The number of carbonyl (C=O) groups excluding carboxylic acids is 1. The number of rotatable bonds is 5. The second-order valence-corrected chi connectivity index (χ2v) is 8.95. The van der Waals surface area contributed by atoms with E-state index in [1.807, 2.05) is 65.7 Å². The van der Waals surface area contributed by atoms with E-state index in [-0.39, 0.29) is 18.0 Å². The Hall–Kier alpha value is -3.87. The maximum Gasteiger partial charge on any atom is 0.220 e. The highest BCUT2D eigenvalue weighted by molar-refractivity contribution is 5.93. The van der Waals surface area contributed by atoms with Crippen molar-refractivity contribution in [2.45, 2.75) is 39.5 Å². The zero-order chi connectivity index (χ0) is 23.7. The van der Waals surface area contributed by atoms with E-state index in [0.29, 0.717) is 6.61 Å². The lowest BCUT2D eigenvalue weighted by Gasteiger charge is -2.44. The lowest BCUT2D eigenvalue weighted by molar-refractivity contribution is -0.133. The first-order valence-electron chi connectivity index (χ1n) is 11.6. The summed E-state index contributed by atoms with van der Waals surface area (Å²) in [6.45, 7) is 7.83. The van der Waals surface area contributed by atoms with Gasteiger partial charge in [-0.25, -0.2) is 9.97 Å². The van der Waals surface area contributed by atoms with Crippen molar-refractivity contribution >= 4 is 22.8 Å². The van der Waals surface area contributed by atoms with Gasteiger partial charge in [-0.15, -0.1) is 0 Å². The van der Waals surface area contributed by atoms with Crippen LogP contribution in [0.25, 0.3) is 22.3 Å². The molecule has 4 heterocycles. The number of nitrogens with zero attached hydrogens (tertiary/aromatic N) is 4. The molecule has 0 bridgehead atoms. The second kappa shape index (κ2) is 9.17. The van der Waals surface area contributed by atoms with Crippen LogP contribution in [-0.2, 0) is 11.4 Å². The minimum atomic E-state index is 0.123. The Morgan fingerprint density at radius 3 is 2.59 bits per heavy atom. The molecular weight excluding hydrogens is 426 g/mol. The molecule has 3 aromatic heterocycles. The van der Waals surface area contributed by atoms with Gasteiger partial charge in [0.25, 0.3) is 0 Å². The van der Waals surface area contributed by atoms with Gasteiger partial charge in [-0.1, -0.05) is 36.4 Å². The van der Waals surface area contributed by atoms with E-state index in [0.717, 1.165) is 52.5 Å². The predicted octanol–water partition coefficient (Wildman–Crippen LogP) is 4.65. The number of piperazine rings is 1. The van der Waals surface area contributed by atoms with Crippen LogP contribution in [0.1, 0.15) is 26.3 Å². The molecule has 0 radical (unpaired) electrons. The van der Waals surface area contributed by atoms with E-state index >= 15 is 0 Å². The van der Waals surface area contributed by atoms with Crippen molar-refractivity contribution in [3.8, 4) is 17.0 Å². The number of fused-ring (bicyclic) bond motifs is 1. The molecule has 34 heavy (non-hydrogen) atoms. The summed E-state index contributed by atoms with van der Waals surface area (Å²) in [6, 6.07) is 18.5. The zero-order valence-electron chi connectivity index (χ0n) is 19.7. The number of pyridine rings is 2. The molecule has 7 nitrogen and oxygen atoms in total. The summed E-state index contributed by atoms with van der Waals surface area (Å²) in [4.78, 5) is 29.0. The molecule has 0 spiro atoms. The van der Waals surface area contributed by atoms with Gasteiger partial charge in [0.15, 0.2) is 0 Å². The summed E-state index contributed by atoms with van der Waals surface area (Å²) in [5, 5.41) is 0.971. The molecule has 0 unspecified atom stereocenters. The fourth-order valence-electron chi connectivity index (χ4n) is 4.90. The van der Waals surface area contributed by atoms with Crippen LogP contribution in [0.4, 0.5) is 5.82 Å². The number of aromatic nitrogens is 3. The third-order valence-electron chi connectivity index (χ3n) is 6.37. The predicted molar refractivity (Wildman–Crippen MR) is 134 cm³/mol. The Balaban J connectivity index is 1.40. The third kappa shape index (κ3) is 4.33. The molecule has 2 atom stereocenters. The van der Waals surface area contributed by atoms with E-state index in [4.69, 9.17) is 9.72 Å². The van der Waals surface area contributed by atoms with Crippen LogP contribution in [0.3, 0.4) is 0 Å². The maximum absolute atomic E-state index is 12.0. The number of H-pyrrole nitrogens is 1. The van der Waals surface area contributed by atoms with Crippen molar-refractivity contribution in [1.82, 2.24) is 19.9 Å². The summed E-state index contributed by atoms with van der Waals surface area (Å²) >= 11 is 0. The molecule has 1 fully saturated rings. The molecule has 1 aliphatic rings. The van der Waals surface area contributed by atoms with Crippen LogP contribution in [0, 0.1) is 0 Å². The Bertz CT molecular complexity index is 1290. The second-order valence-electron chi connectivity index (χ2n) is 8.95. The molecule has 4 aromatic rings. The van der Waals surface area contributed by atoms with E-state index in [9.17, 15) is 4.79 Å². The monoisotopic (exact) mass is 455 g/mol. The van der Waals surface area contributed by atoms with Gasteiger partial charge in [0, 0.05) is 49.2 Å². The molecule has 1 saturated heterocycles. The Labute approximate surface area is 199 Å². The minimum Gasteiger partial charge on any atom is -0.487 e. The van der Waals surface area contributed by atoms with Gasteiger partial charge < -0.3 is 19.5 Å². The summed E-state index contributed by atoms with van der Waals surface area (Å²) in [6.07, 6.45) is 3.69. The fraction of sp³-hybridized carbons (Fsp3) is 0.296. The van der Waals surface area contributed by atoms with Crippen LogP contribution < -0.4 is 9.64 Å². The average molecular weight is 456 g/mol. The Kier molecular flexibility index (Phi) is 5.92. The molecule has 1 amide bonds. The first kappa shape index (κ1) is 21.9. The maximum atomic E-state index is 12.0. The normalized spacial score (nSPS) is 18.3. The van der Waals surface area contributed by atoms with Crippen molar-refractivity contribution in [3.05, 3.63) is 72.6 Å². The largest absolute Gasteiger partial charge is 0.487 e. The molecule has 1 aliphatic heterocycles. The van der Waals surface area contributed by atoms with Crippen molar-refractivity contribution in [1.29, 1.82) is 0 Å². The summed E-state index contributed by atoms with van der Waals surface area (Å²) in [7, 11) is 0. The van der Waals surface area contributed by atoms with Crippen molar-refractivity contribution in [3.63, 3.8) is 0 Å². The first-order valence-corrected chi connectivity index (χ1v) is 11.6. The van der Waals surface area contributed by atoms with Gasteiger partial charge >= 0.3 is 0 Å². The smallest absolute Gasteiger partial charge is 0.220 e. The SMILES string of the molecule is CC(=O)N1[C@H](C)CN(c2cccc(-c3c[nH]c4ncc(OCc5ccccc5)cc34)n2)C[C@@H]1C. The number of carbonyl (C=O) groups is 1. The number of ether oxygens (including phenoxy) is 1. The molecular formula is C27H29N5O2. The quantitative estimate of drug-likeness (QED) is 0.474. The van der Waals surface area contributed by atoms with Crippen LogP contribution >= 0.6 is 0 Å². The van der Waals surface area contributed by atoms with E-state index in [2.05, 4.69) is 28.7 Å². The lowest BCUT2D eigenvalue weighted by atomic mass is 10.1. The molecule has 0 saturated carbocycles. The number of nitrogens with one attached hydrogen (secondary N) is 1. The van der Waals surface area contributed by atoms with E-state index in [1.165, 1.54) is 0 Å². The highest BCUT2D eigenvalue weighted by atomic mass is 16.5. The lowest BCUT2D eigenvalue weighted by Crippen LogP contribution is -2.58. The van der Waals surface area contributed by atoms with Gasteiger partial charge in [0.1, 0.15) is 23.8 Å². The molecule has 0 aliphatic carbocycles. The van der Waals surface area contributed by atoms with Gasteiger partial charge in [-0.2, -0.15) is 0 Å². The van der Waals surface area contributed by atoms with Gasteiger partial charge in [0.2, 0.25) is 5.91 Å². The fourth-order valence-corrected chi connectivity index (χ4v) is 4.90.